The van der Waals surface area contributed by atoms with Crippen LogP contribution in [0.5, 0.6) is 0 Å². The largest absolute Gasteiger partial charge is 0.477 e. The molecule has 1 rings (SSSR count). The monoisotopic (exact) mass is 268 g/mol. The molecule has 0 heterocycles. The van der Waals surface area contributed by atoms with Gasteiger partial charge in [-0.25, -0.2) is 4.79 Å². The molecule has 1 aromatic rings. The normalized spacial score (nSPS) is 10.5. The molecular formula is C12H16N2O5. The number of nitrogens with zero attached hydrogens (tertiary/aromatic N) is 2. The number of carbonyl (C=O) groups is 1. The summed E-state index contributed by atoms with van der Waals surface area (Å²) in [5.41, 5.74) is -0.262. The number of hydrogen-bond donors (Lipinski definition) is 2. The van der Waals surface area contributed by atoms with Crippen LogP contribution in [-0.4, -0.2) is 40.3 Å². The molecule has 0 aromatic heterocycles. The molecule has 0 aliphatic rings. The number of rotatable bonds is 6. The minimum absolute atomic E-state index is 0.0373. The van der Waals surface area contributed by atoms with Gasteiger partial charge in [0.05, 0.1) is 11.5 Å². The lowest BCUT2D eigenvalue weighted by Gasteiger charge is -2.28. The second-order valence-corrected chi connectivity index (χ2v) is 4.27. The Bertz CT molecular complexity index is 487. The predicted octanol–water partition coefficient (Wildman–Crippen LogP) is 1.50. The van der Waals surface area contributed by atoms with Crippen molar-refractivity contribution in [2.75, 3.05) is 18.1 Å². The number of carboxylic acids is 1. The highest BCUT2D eigenvalue weighted by atomic mass is 16.6. The summed E-state index contributed by atoms with van der Waals surface area (Å²) in [6, 6.07) is 3.96. The lowest BCUT2D eigenvalue weighted by Crippen LogP contribution is -2.33. The lowest BCUT2D eigenvalue weighted by atomic mass is 10.1. The van der Waals surface area contributed by atoms with Crippen molar-refractivity contribution >= 4 is 17.3 Å². The standard InChI is InChI=1S/C12H16N2O5/c1-8(2)13(5-6-15)9-3-4-11(14(18)19)10(7-9)12(16)17/h3-4,7-8,15H,5-6H2,1-2H3,(H,16,17). The van der Waals surface area contributed by atoms with Crippen LogP contribution < -0.4 is 4.90 Å². The summed E-state index contributed by atoms with van der Waals surface area (Å²) in [6.07, 6.45) is 0. The molecule has 0 atom stereocenters. The molecule has 19 heavy (non-hydrogen) atoms. The van der Waals surface area contributed by atoms with Crippen LogP contribution in [0.15, 0.2) is 18.2 Å². The van der Waals surface area contributed by atoms with Crippen LogP contribution in [0.2, 0.25) is 0 Å². The van der Waals surface area contributed by atoms with Gasteiger partial charge < -0.3 is 15.1 Å². The maximum absolute atomic E-state index is 11.1. The van der Waals surface area contributed by atoms with Gasteiger partial charge in [0, 0.05) is 24.3 Å². The van der Waals surface area contributed by atoms with Gasteiger partial charge in [-0.05, 0) is 26.0 Å². The Labute approximate surface area is 110 Å². The number of hydrogen-bond acceptors (Lipinski definition) is 5. The van der Waals surface area contributed by atoms with Crippen molar-refractivity contribution in [3.63, 3.8) is 0 Å². The van der Waals surface area contributed by atoms with E-state index in [0.717, 1.165) is 0 Å². The number of nitro benzene ring substituents is 1. The first-order valence-corrected chi connectivity index (χ1v) is 5.77. The van der Waals surface area contributed by atoms with E-state index in [-0.39, 0.29) is 18.2 Å². The quantitative estimate of drug-likeness (QED) is 0.598. The number of nitro groups is 1. The molecule has 0 aliphatic heterocycles. The molecule has 0 aliphatic carbocycles. The zero-order valence-electron chi connectivity index (χ0n) is 10.7. The van der Waals surface area contributed by atoms with Crippen molar-refractivity contribution in [1.29, 1.82) is 0 Å². The molecule has 0 spiro atoms. The number of aliphatic hydroxyl groups excluding tert-OH is 1. The first-order chi connectivity index (χ1) is 8.88. The molecule has 0 unspecified atom stereocenters. The third-order valence-electron chi connectivity index (χ3n) is 2.70. The summed E-state index contributed by atoms with van der Waals surface area (Å²) in [6.45, 7) is 4.02. The fourth-order valence-electron chi connectivity index (χ4n) is 1.83. The second-order valence-electron chi connectivity index (χ2n) is 4.27. The molecule has 2 N–H and O–H groups in total. The number of benzene rings is 1. The van der Waals surface area contributed by atoms with Crippen molar-refractivity contribution in [3.05, 3.63) is 33.9 Å². The highest BCUT2D eigenvalue weighted by molar-refractivity contribution is 5.93. The van der Waals surface area contributed by atoms with Gasteiger partial charge in [-0.3, -0.25) is 10.1 Å². The average Bonchev–Trinajstić information content (AvgIpc) is 2.34. The van der Waals surface area contributed by atoms with Crippen molar-refractivity contribution < 1.29 is 19.9 Å². The van der Waals surface area contributed by atoms with Crippen molar-refractivity contribution in [1.82, 2.24) is 0 Å². The summed E-state index contributed by atoms with van der Waals surface area (Å²) in [5.74, 6) is -1.35. The van der Waals surface area contributed by atoms with Crippen LogP contribution in [0.1, 0.15) is 24.2 Å². The van der Waals surface area contributed by atoms with E-state index in [1.54, 1.807) is 4.90 Å². The fourth-order valence-corrected chi connectivity index (χ4v) is 1.83. The second kappa shape index (κ2) is 6.14. The van der Waals surface area contributed by atoms with Crippen molar-refractivity contribution in [3.8, 4) is 0 Å². The van der Waals surface area contributed by atoms with Crippen molar-refractivity contribution in [2.24, 2.45) is 0 Å². The molecule has 0 fully saturated rings. The number of aliphatic hydroxyl groups is 1. The van der Waals surface area contributed by atoms with E-state index < -0.39 is 16.6 Å². The molecule has 0 amide bonds. The lowest BCUT2D eigenvalue weighted by molar-refractivity contribution is -0.385. The molecule has 0 saturated carbocycles. The van der Waals surface area contributed by atoms with E-state index >= 15 is 0 Å². The molecular weight excluding hydrogens is 252 g/mol. The number of anilines is 1. The first-order valence-electron chi connectivity index (χ1n) is 5.77. The predicted molar refractivity (Wildman–Crippen MR) is 69.6 cm³/mol. The first kappa shape index (κ1) is 14.9. The van der Waals surface area contributed by atoms with Gasteiger partial charge in [-0.15, -0.1) is 0 Å². The van der Waals surface area contributed by atoms with E-state index in [9.17, 15) is 14.9 Å². The minimum atomic E-state index is -1.35. The maximum Gasteiger partial charge on any atom is 0.342 e. The highest BCUT2D eigenvalue weighted by Crippen LogP contribution is 2.26. The summed E-state index contributed by atoms with van der Waals surface area (Å²) in [4.78, 5) is 22.9. The Kier molecular flexibility index (Phi) is 4.82. The van der Waals surface area contributed by atoms with Gasteiger partial charge >= 0.3 is 5.97 Å². The van der Waals surface area contributed by atoms with Crippen LogP contribution in [-0.2, 0) is 0 Å². The van der Waals surface area contributed by atoms with Gasteiger partial charge in [-0.1, -0.05) is 0 Å². The van der Waals surface area contributed by atoms with Crippen LogP contribution in [0.25, 0.3) is 0 Å². The molecule has 7 heteroatoms. The molecule has 0 bridgehead atoms. The van der Waals surface area contributed by atoms with E-state index in [1.807, 2.05) is 13.8 Å². The van der Waals surface area contributed by atoms with Crippen molar-refractivity contribution in [2.45, 2.75) is 19.9 Å². The zero-order chi connectivity index (χ0) is 14.6. The minimum Gasteiger partial charge on any atom is -0.477 e. The van der Waals surface area contributed by atoms with E-state index in [0.29, 0.717) is 12.2 Å². The van der Waals surface area contributed by atoms with E-state index in [1.165, 1.54) is 18.2 Å². The maximum atomic E-state index is 11.1. The summed E-state index contributed by atoms with van der Waals surface area (Å²) < 4.78 is 0. The Morgan fingerprint density at radius 2 is 2.11 bits per heavy atom. The van der Waals surface area contributed by atoms with Gasteiger partial charge in [0.1, 0.15) is 5.56 Å². The third kappa shape index (κ3) is 3.41. The Morgan fingerprint density at radius 1 is 1.47 bits per heavy atom. The van der Waals surface area contributed by atoms with Crippen LogP contribution in [0, 0.1) is 10.1 Å². The third-order valence-corrected chi connectivity index (χ3v) is 2.70. The van der Waals surface area contributed by atoms with E-state index in [2.05, 4.69) is 0 Å². The van der Waals surface area contributed by atoms with Crippen LogP contribution in [0.4, 0.5) is 11.4 Å². The molecule has 0 radical (unpaired) electrons. The van der Waals surface area contributed by atoms with Crippen LogP contribution >= 0.6 is 0 Å². The number of carboxylic acid groups (broad SMARTS) is 1. The van der Waals surface area contributed by atoms with Gasteiger partial charge in [0.25, 0.3) is 5.69 Å². The topological polar surface area (TPSA) is 104 Å². The Hall–Kier alpha value is -2.15. The van der Waals surface area contributed by atoms with Gasteiger partial charge in [-0.2, -0.15) is 0 Å². The van der Waals surface area contributed by atoms with Crippen LogP contribution in [0.3, 0.4) is 0 Å². The molecule has 104 valence electrons. The summed E-state index contributed by atoms with van der Waals surface area (Å²) in [7, 11) is 0. The molecule has 1 aromatic carbocycles. The van der Waals surface area contributed by atoms with Gasteiger partial charge in [0.15, 0.2) is 0 Å². The van der Waals surface area contributed by atoms with Gasteiger partial charge in [0.2, 0.25) is 0 Å². The fraction of sp³-hybridized carbons (Fsp3) is 0.417. The summed E-state index contributed by atoms with van der Waals surface area (Å²) in [5, 5.41) is 28.8. The molecule has 7 nitrogen and oxygen atoms in total. The smallest absolute Gasteiger partial charge is 0.342 e. The number of aromatic carboxylic acids is 1. The summed E-state index contributed by atoms with van der Waals surface area (Å²) >= 11 is 0. The zero-order valence-corrected chi connectivity index (χ0v) is 10.7. The Balaban J connectivity index is 3.27. The van der Waals surface area contributed by atoms with E-state index in [4.69, 9.17) is 10.2 Å². The SMILES string of the molecule is CC(C)N(CCO)c1ccc([N+](=O)[O-])c(C(=O)O)c1. The Morgan fingerprint density at radius 3 is 2.53 bits per heavy atom. The molecule has 0 saturated heterocycles. The highest BCUT2D eigenvalue weighted by Gasteiger charge is 2.22. The average molecular weight is 268 g/mol.